The molecule has 1 saturated heterocycles. The molecule has 0 aliphatic carbocycles. The maximum absolute atomic E-state index is 6.23. The fraction of sp³-hybridized carbons (Fsp3) is 0.571. The zero-order valence-electron chi connectivity index (χ0n) is 11.0. The third-order valence-corrected chi connectivity index (χ3v) is 3.74. The van der Waals surface area contributed by atoms with Crippen LogP contribution in [0.2, 0.25) is 5.02 Å². The number of rotatable bonds is 3. The molecule has 1 atom stereocenters. The molecular weight excluding hydrogens is 248 g/mol. The summed E-state index contributed by atoms with van der Waals surface area (Å²) in [5.74, 6) is 0.774. The summed E-state index contributed by atoms with van der Waals surface area (Å²) in [7, 11) is 2.14. The highest BCUT2D eigenvalue weighted by atomic mass is 35.5. The van der Waals surface area contributed by atoms with Gasteiger partial charge in [0, 0.05) is 19.1 Å². The number of piperidine rings is 1. The molecular formula is C14H21ClN2O. The molecule has 3 nitrogen and oxygen atoms in total. The van der Waals surface area contributed by atoms with Crippen LogP contribution >= 0.6 is 11.6 Å². The lowest BCUT2D eigenvalue weighted by molar-refractivity contribution is 0.114. The normalized spacial score (nSPS) is 19.8. The molecule has 1 aliphatic rings. The van der Waals surface area contributed by atoms with Gasteiger partial charge in [-0.2, -0.15) is 0 Å². The molecule has 1 aromatic rings. The van der Waals surface area contributed by atoms with E-state index in [2.05, 4.69) is 11.9 Å². The predicted molar refractivity (Wildman–Crippen MR) is 75.2 cm³/mol. The number of likely N-dealkylation sites (tertiary alicyclic amines) is 1. The van der Waals surface area contributed by atoms with E-state index < -0.39 is 0 Å². The van der Waals surface area contributed by atoms with Crippen molar-refractivity contribution in [2.75, 3.05) is 20.1 Å². The average Bonchev–Trinajstić information content (AvgIpc) is 2.34. The molecule has 0 radical (unpaired) electrons. The summed E-state index contributed by atoms with van der Waals surface area (Å²) in [6.45, 7) is 4.11. The zero-order chi connectivity index (χ0) is 13.1. The molecule has 2 N–H and O–H groups in total. The maximum Gasteiger partial charge on any atom is 0.138 e. The van der Waals surface area contributed by atoms with E-state index in [-0.39, 0.29) is 12.1 Å². The number of hydrogen-bond donors (Lipinski definition) is 1. The molecule has 1 heterocycles. The van der Waals surface area contributed by atoms with Gasteiger partial charge in [0.2, 0.25) is 0 Å². The molecule has 100 valence electrons. The van der Waals surface area contributed by atoms with E-state index in [1.165, 1.54) is 0 Å². The number of ether oxygens (including phenoxy) is 1. The third kappa shape index (κ3) is 3.37. The molecule has 0 amide bonds. The van der Waals surface area contributed by atoms with E-state index >= 15 is 0 Å². The van der Waals surface area contributed by atoms with E-state index in [1.807, 2.05) is 25.1 Å². The highest BCUT2D eigenvalue weighted by Crippen LogP contribution is 2.29. The van der Waals surface area contributed by atoms with Gasteiger partial charge < -0.3 is 15.4 Å². The Morgan fingerprint density at radius 3 is 2.61 bits per heavy atom. The van der Waals surface area contributed by atoms with Crippen LogP contribution in [0.5, 0.6) is 5.75 Å². The topological polar surface area (TPSA) is 38.5 Å². The van der Waals surface area contributed by atoms with Crippen LogP contribution in [-0.4, -0.2) is 31.1 Å². The molecule has 0 spiro atoms. The molecule has 0 unspecified atom stereocenters. The second-order valence-corrected chi connectivity index (χ2v) is 5.51. The third-order valence-electron chi connectivity index (χ3n) is 3.44. The van der Waals surface area contributed by atoms with Crippen molar-refractivity contribution in [3.05, 3.63) is 28.8 Å². The Hall–Kier alpha value is -0.770. The molecule has 1 aliphatic heterocycles. The predicted octanol–water partition coefficient (Wildman–Crippen LogP) is 2.83. The van der Waals surface area contributed by atoms with E-state index in [1.54, 1.807) is 0 Å². The summed E-state index contributed by atoms with van der Waals surface area (Å²) in [4.78, 5) is 2.32. The number of halogens is 1. The van der Waals surface area contributed by atoms with Crippen molar-refractivity contribution in [1.29, 1.82) is 0 Å². The van der Waals surface area contributed by atoms with Crippen LogP contribution in [0.1, 0.15) is 31.4 Å². The minimum atomic E-state index is -0.000111. The molecule has 0 bridgehead atoms. The zero-order valence-corrected chi connectivity index (χ0v) is 11.8. The number of nitrogens with zero attached hydrogens (tertiary/aromatic N) is 1. The number of hydrogen-bond acceptors (Lipinski definition) is 3. The lowest BCUT2D eigenvalue weighted by Crippen LogP contribution is -2.35. The first kappa shape index (κ1) is 13.7. The first-order valence-electron chi connectivity index (χ1n) is 6.46. The smallest absolute Gasteiger partial charge is 0.138 e. The summed E-state index contributed by atoms with van der Waals surface area (Å²) >= 11 is 6.23. The van der Waals surface area contributed by atoms with Gasteiger partial charge in [0.15, 0.2) is 0 Å². The summed E-state index contributed by atoms with van der Waals surface area (Å²) in [5, 5.41) is 0.656. The highest BCUT2D eigenvalue weighted by molar-refractivity contribution is 6.32. The molecule has 0 aromatic heterocycles. The van der Waals surface area contributed by atoms with Crippen LogP contribution in [0, 0.1) is 0 Å². The van der Waals surface area contributed by atoms with Gasteiger partial charge in [-0.15, -0.1) is 0 Å². The Bertz CT molecular complexity index is 401. The van der Waals surface area contributed by atoms with Crippen molar-refractivity contribution in [3.8, 4) is 5.75 Å². The molecule has 2 rings (SSSR count). The van der Waals surface area contributed by atoms with Crippen LogP contribution in [0.25, 0.3) is 0 Å². The Kier molecular flexibility index (Phi) is 4.49. The minimum Gasteiger partial charge on any atom is -0.489 e. The van der Waals surface area contributed by atoms with E-state index in [9.17, 15) is 0 Å². The van der Waals surface area contributed by atoms with Gasteiger partial charge in [0.1, 0.15) is 11.9 Å². The quantitative estimate of drug-likeness (QED) is 0.916. The van der Waals surface area contributed by atoms with Gasteiger partial charge in [-0.25, -0.2) is 0 Å². The Morgan fingerprint density at radius 2 is 2.06 bits per heavy atom. The minimum absolute atomic E-state index is 0.000111. The molecule has 1 fully saturated rings. The van der Waals surface area contributed by atoms with Gasteiger partial charge in [0.05, 0.1) is 5.02 Å². The van der Waals surface area contributed by atoms with Crippen molar-refractivity contribution in [3.63, 3.8) is 0 Å². The van der Waals surface area contributed by atoms with Gasteiger partial charge in [-0.1, -0.05) is 17.7 Å². The van der Waals surface area contributed by atoms with Gasteiger partial charge >= 0.3 is 0 Å². The monoisotopic (exact) mass is 268 g/mol. The van der Waals surface area contributed by atoms with Crippen LogP contribution in [0.3, 0.4) is 0 Å². The Labute approximate surface area is 114 Å². The Balaban J connectivity index is 2.01. The first-order valence-corrected chi connectivity index (χ1v) is 6.84. The van der Waals surface area contributed by atoms with Crippen molar-refractivity contribution < 1.29 is 4.74 Å². The summed E-state index contributed by atoms with van der Waals surface area (Å²) in [6, 6.07) is 5.82. The lowest BCUT2D eigenvalue weighted by Gasteiger charge is -2.29. The summed E-state index contributed by atoms with van der Waals surface area (Å²) in [6.07, 6.45) is 2.39. The van der Waals surface area contributed by atoms with Crippen molar-refractivity contribution in [1.82, 2.24) is 4.90 Å². The largest absolute Gasteiger partial charge is 0.489 e. The maximum atomic E-state index is 6.23. The van der Waals surface area contributed by atoms with Crippen molar-refractivity contribution in [2.24, 2.45) is 5.73 Å². The second-order valence-electron chi connectivity index (χ2n) is 5.10. The molecule has 18 heavy (non-hydrogen) atoms. The summed E-state index contributed by atoms with van der Waals surface area (Å²) in [5.41, 5.74) is 6.86. The van der Waals surface area contributed by atoms with Crippen molar-refractivity contribution in [2.45, 2.75) is 31.9 Å². The van der Waals surface area contributed by atoms with E-state index in [0.717, 1.165) is 37.2 Å². The molecule has 4 heteroatoms. The average molecular weight is 269 g/mol. The van der Waals surface area contributed by atoms with E-state index in [4.69, 9.17) is 22.1 Å². The second kappa shape index (κ2) is 5.91. The Morgan fingerprint density at radius 1 is 1.39 bits per heavy atom. The van der Waals surface area contributed by atoms with Crippen LogP contribution in [0.15, 0.2) is 18.2 Å². The standard InChI is InChI=1S/C14H21ClN2O/c1-10(16)11-3-4-14(13(15)9-11)18-12-5-7-17(2)8-6-12/h3-4,9-10,12H,5-8,16H2,1-2H3/t10-/m0/s1. The fourth-order valence-corrected chi connectivity index (χ4v) is 2.41. The fourth-order valence-electron chi connectivity index (χ4n) is 2.18. The van der Waals surface area contributed by atoms with Crippen LogP contribution in [0.4, 0.5) is 0 Å². The SMILES string of the molecule is C[C@H](N)c1ccc(OC2CCN(C)CC2)c(Cl)c1. The number of nitrogens with two attached hydrogens (primary N) is 1. The summed E-state index contributed by atoms with van der Waals surface area (Å²) < 4.78 is 5.97. The number of benzene rings is 1. The van der Waals surface area contributed by atoms with Gasteiger partial charge in [-0.05, 0) is 44.5 Å². The van der Waals surface area contributed by atoms with Gasteiger partial charge in [0.25, 0.3) is 0 Å². The van der Waals surface area contributed by atoms with Crippen LogP contribution < -0.4 is 10.5 Å². The van der Waals surface area contributed by atoms with Gasteiger partial charge in [-0.3, -0.25) is 0 Å². The van der Waals surface area contributed by atoms with Crippen LogP contribution in [-0.2, 0) is 0 Å². The van der Waals surface area contributed by atoms with Crippen molar-refractivity contribution >= 4 is 11.6 Å². The highest BCUT2D eigenvalue weighted by Gasteiger charge is 2.19. The van der Waals surface area contributed by atoms with E-state index in [0.29, 0.717) is 5.02 Å². The molecule has 0 saturated carbocycles. The lowest BCUT2D eigenvalue weighted by atomic mass is 10.1. The first-order chi connectivity index (χ1) is 8.56. The molecule has 1 aromatic carbocycles.